The minimum atomic E-state index is -3.19. The van der Waals surface area contributed by atoms with Gasteiger partial charge in [-0.25, -0.2) is 13.4 Å². The van der Waals surface area contributed by atoms with Gasteiger partial charge in [-0.1, -0.05) is 12.1 Å². The van der Waals surface area contributed by atoms with E-state index < -0.39 is 9.84 Å². The highest BCUT2D eigenvalue weighted by Gasteiger charge is 2.16. The minimum absolute atomic E-state index is 0. The summed E-state index contributed by atoms with van der Waals surface area (Å²) < 4.78 is 23.5. The average Bonchev–Trinajstić information content (AvgIpc) is 3.13. The highest BCUT2D eigenvalue weighted by Crippen LogP contribution is 2.23. The Bertz CT molecular complexity index is 973. The van der Waals surface area contributed by atoms with Crippen molar-refractivity contribution in [2.75, 3.05) is 32.4 Å². The van der Waals surface area contributed by atoms with Gasteiger partial charge in [-0.15, -0.1) is 35.3 Å². The normalized spacial score (nSPS) is 14.7. The van der Waals surface area contributed by atoms with E-state index >= 15 is 0 Å². The van der Waals surface area contributed by atoms with Gasteiger partial charge in [0.15, 0.2) is 15.8 Å². The predicted molar refractivity (Wildman–Crippen MR) is 136 cm³/mol. The molecule has 2 heterocycles. The zero-order valence-corrected chi connectivity index (χ0v) is 21.7. The van der Waals surface area contributed by atoms with Gasteiger partial charge < -0.3 is 10.6 Å². The van der Waals surface area contributed by atoms with E-state index in [4.69, 9.17) is 0 Å². The van der Waals surface area contributed by atoms with E-state index in [2.05, 4.69) is 32.0 Å². The molecule has 0 unspecified atom stereocenters. The molecular formula is C21H31IN4O2S2. The Morgan fingerprint density at radius 1 is 1.27 bits per heavy atom. The molecule has 2 N–H and O–H groups in total. The minimum Gasteiger partial charge on any atom is -0.357 e. The Hall–Kier alpha value is -1.17. The summed E-state index contributed by atoms with van der Waals surface area (Å²) in [5.41, 5.74) is 3.22. The molecule has 0 amide bonds. The quantitative estimate of drug-likeness (QED) is 0.308. The Balaban J connectivity index is 0.00000320. The van der Waals surface area contributed by atoms with Gasteiger partial charge in [0.25, 0.3) is 0 Å². The summed E-state index contributed by atoms with van der Waals surface area (Å²) in [6.45, 7) is 9.10. The standard InChI is InChI=1S/C21H30N4O2S2.HI/c1-4-22-21(23-9-11-25-10-7-19-18(15-25)8-12-28-19)24-14-17-5-6-20(16(2)13-17)29(3,26)27;/h5-6,8,12-13H,4,7,9-11,14-15H2,1-3H3,(H2,22,23,24);1H. The summed E-state index contributed by atoms with van der Waals surface area (Å²) in [6.07, 6.45) is 2.38. The number of hydrogen-bond acceptors (Lipinski definition) is 5. The maximum Gasteiger partial charge on any atom is 0.191 e. The topological polar surface area (TPSA) is 73.8 Å². The van der Waals surface area contributed by atoms with Crippen LogP contribution < -0.4 is 10.6 Å². The third-order valence-electron chi connectivity index (χ3n) is 5.01. The molecule has 1 aromatic heterocycles. The van der Waals surface area contributed by atoms with Crippen LogP contribution in [0.5, 0.6) is 0 Å². The predicted octanol–water partition coefficient (Wildman–Crippen LogP) is 3.19. The van der Waals surface area contributed by atoms with Crippen molar-refractivity contribution in [3.63, 3.8) is 0 Å². The Morgan fingerprint density at radius 2 is 2.07 bits per heavy atom. The van der Waals surface area contributed by atoms with Gasteiger partial charge in [-0.05, 0) is 54.5 Å². The second kappa shape index (κ2) is 11.4. The number of guanidine groups is 1. The molecule has 3 rings (SSSR count). The van der Waals surface area contributed by atoms with Gasteiger partial charge in [0.2, 0.25) is 0 Å². The van der Waals surface area contributed by atoms with Gasteiger partial charge in [0.05, 0.1) is 11.4 Å². The van der Waals surface area contributed by atoms with Crippen molar-refractivity contribution in [1.29, 1.82) is 0 Å². The number of sulfone groups is 1. The highest BCUT2D eigenvalue weighted by atomic mass is 127. The maximum absolute atomic E-state index is 11.8. The van der Waals surface area contributed by atoms with Crippen LogP contribution in [-0.2, 0) is 29.3 Å². The molecule has 9 heteroatoms. The largest absolute Gasteiger partial charge is 0.357 e. The number of thiophene rings is 1. The smallest absolute Gasteiger partial charge is 0.191 e. The second-order valence-electron chi connectivity index (χ2n) is 7.39. The first-order valence-electron chi connectivity index (χ1n) is 9.96. The molecule has 1 aromatic carbocycles. The number of nitrogens with one attached hydrogen (secondary N) is 2. The van der Waals surface area contributed by atoms with E-state index in [1.165, 1.54) is 16.7 Å². The summed E-state index contributed by atoms with van der Waals surface area (Å²) in [6, 6.07) is 7.64. The summed E-state index contributed by atoms with van der Waals surface area (Å²) in [4.78, 5) is 9.04. The number of aryl methyl sites for hydroxylation is 1. The van der Waals surface area contributed by atoms with Gasteiger partial charge in [-0.3, -0.25) is 4.90 Å². The van der Waals surface area contributed by atoms with E-state index in [0.29, 0.717) is 11.4 Å². The lowest BCUT2D eigenvalue weighted by Crippen LogP contribution is -2.42. The van der Waals surface area contributed by atoms with E-state index in [-0.39, 0.29) is 24.0 Å². The molecule has 0 saturated carbocycles. The zero-order chi connectivity index (χ0) is 20.9. The molecule has 2 aromatic rings. The van der Waals surface area contributed by atoms with E-state index in [1.54, 1.807) is 6.07 Å². The van der Waals surface area contributed by atoms with Crippen LogP contribution in [0, 0.1) is 6.92 Å². The highest BCUT2D eigenvalue weighted by molar-refractivity contribution is 14.0. The van der Waals surface area contributed by atoms with Crippen LogP contribution in [0.15, 0.2) is 39.5 Å². The molecule has 166 valence electrons. The molecule has 0 atom stereocenters. The first-order chi connectivity index (χ1) is 13.9. The number of rotatable bonds is 7. The van der Waals surface area contributed by atoms with Crippen LogP contribution in [0.3, 0.4) is 0 Å². The van der Waals surface area contributed by atoms with Crippen molar-refractivity contribution in [2.24, 2.45) is 4.99 Å². The summed E-state index contributed by atoms with van der Waals surface area (Å²) in [5.74, 6) is 0.783. The molecule has 0 bridgehead atoms. The van der Waals surface area contributed by atoms with Crippen LogP contribution in [-0.4, -0.2) is 51.7 Å². The number of nitrogens with zero attached hydrogens (tertiary/aromatic N) is 2. The van der Waals surface area contributed by atoms with Gasteiger partial charge in [-0.2, -0.15) is 0 Å². The summed E-state index contributed by atoms with van der Waals surface area (Å²) >= 11 is 1.87. The average molecular weight is 563 g/mol. The molecule has 6 nitrogen and oxygen atoms in total. The van der Waals surface area contributed by atoms with E-state index in [0.717, 1.165) is 56.2 Å². The SMILES string of the molecule is CCNC(=NCc1ccc(S(C)(=O)=O)c(C)c1)NCCN1CCc2sccc2C1.I. The number of aliphatic imine (C=N–C) groups is 1. The molecule has 1 aliphatic heterocycles. The van der Waals surface area contributed by atoms with Crippen LogP contribution in [0.1, 0.15) is 28.5 Å². The van der Waals surface area contributed by atoms with Crippen molar-refractivity contribution in [1.82, 2.24) is 15.5 Å². The molecule has 0 radical (unpaired) electrons. The van der Waals surface area contributed by atoms with Crippen molar-refractivity contribution < 1.29 is 8.42 Å². The fraction of sp³-hybridized carbons (Fsp3) is 0.476. The molecule has 0 aliphatic carbocycles. The van der Waals surface area contributed by atoms with Crippen LogP contribution in [0.4, 0.5) is 0 Å². The zero-order valence-electron chi connectivity index (χ0n) is 17.8. The lowest BCUT2D eigenvalue weighted by atomic mass is 10.1. The summed E-state index contributed by atoms with van der Waals surface area (Å²) in [7, 11) is -3.19. The first-order valence-corrected chi connectivity index (χ1v) is 12.7. The molecular weight excluding hydrogens is 531 g/mol. The van der Waals surface area contributed by atoms with Crippen molar-refractivity contribution in [2.45, 2.75) is 38.3 Å². The van der Waals surface area contributed by atoms with Crippen LogP contribution in [0.2, 0.25) is 0 Å². The van der Waals surface area contributed by atoms with E-state index in [1.807, 2.05) is 37.3 Å². The van der Waals surface area contributed by atoms with Gasteiger partial charge >= 0.3 is 0 Å². The molecule has 1 aliphatic rings. The maximum atomic E-state index is 11.8. The monoisotopic (exact) mass is 562 g/mol. The molecule has 0 fully saturated rings. The number of benzene rings is 1. The third-order valence-corrected chi connectivity index (χ3v) is 7.29. The fourth-order valence-electron chi connectivity index (χ4n) is 3.57. The van der Waals surface area contributed by atoms with Crippen LogP contribution in [0.25, 0.3) is 0 Å². The first kappa shape index (κ1) is 25.1. The third kappa shape index (κ3) is 6.93. The van der Waals surface area contributed by atoms with Gasteiger partial charge in [0, 0.05) is 43.9 Å². The Morgan fingerprint density at radius 3 is 2.77 bits per heavy atom. The van der Waals surface area contributed by atoms with Gasteiger partial charge in [0.1, 0.15) is 0 Å². The number of fused-ring (bicyclic) bond motifs is 1. The lowest BCUT2D eigenvalue weighted by Gasteiger charge is -2.27. The second-order valence-corrected chi connectivity index (χ2v) is 10.4. The summed E-state index contributed by atoms with van der Waals surface area (Å²) in [5, 5.41) is 8.88. The fourth-order valence-corrected chi connectivity index (χ4v) is 5.42. The van der Waals surface area contributed by atoms with Crippen molar-refractivity contribution in [3.8, 4) is 0 Å². The van der Waals surface area contributed by atoms with Crippen molar-refractivity contribution in [3.05, 3.63) is 51.2 Å². The number of hydrogen-bond donors (Lipinski definition) is 2. The van der Waals surface area contributed by atoms with Crippen LogP contribution >= 0.6 is 35.3 Å². The lowest BCUT2D eigenvalue weighted by molar-refractivity contribution is 0.260. The molecule has 0 saturated heterocycles. The van der Waals surface area contributed by atoms with Crippen molar-refractivity contribution >= 4 is 51.1 Å². The molecule has 0 spiro atoms. The number of halogens is 1. The Labute approximate surface area is 201 Å². The molecule has 30 heavy (non-hydrogen) atoms. The Kier molecular flexibility index (Phi) is 9.58. The van der Waals surface area contributed by atoms with E-state index in [9.17, 15) is 8.42 Å².